The minimum Gasteiger partial charge on any atom is -0.497 e. The van der Waals surface area contributed by atoms with E-state index in [0.717, 1.165) is 17.7 Å². The van der Waals surface area contributed by atoms with Gasteiger partial charge in [-0.15, -0.1) is 0 Å². The van der Waals surface area contributed by atoms with Gasteiger partial charge in [0.1, 0.15) is 5.75 Å². The van der Waals surface area contributed by atoms with Crippen LogP contribution in [0.3, 0.4) is 0 Å². The molecule has 1 aromatic rings. The Labute approximate surface area is 139 Å². The summed E-state index contributed by atoms with van der Waals surface area (Å²) in [5.41, 5.74) is 1.15. The van der Waals surface area contributed by atoms with Gasteiger partial charge < -0.3 is 9.47 Å². The number of ether oxygens (including phenoxy) is 2. The summed E-state index contributed by atoms with van der Waals surface area (Å²) in [6.07, 6.45) is 1.57. The maximum Gasteiger partial charge on any atom is 0.281 e. The van der Waals surface area contributed by atoms with E-state index in [-0.39, 0.29) is 12.0 Å². The first kappa shape index (κ1) is 18.2. The van der Waals surface area contributed by atoms with Gasteiger partial charge in [-0.05, 0) is 30.5 Å². The fourth-order valence-corrected chi connectivity index (χ4v) is 4.17. The molecule has 0 aromatic heterocycles. The summed E-state index contributed by atoms with van der Waals surface area (Å²) in [5.74, 6) is 0.953. The first-order valence-electron chi connectivity index (χ1n) is 7.71. The smallest absolute Gasteiger partial charge is 0.281 e. The second kappa shape index (κ2) is 7.61. The molecule has 6 nitrogen and oxygen atoms in total. The standard InChI is InChI=1S/C16H26N2O4S/c1-17(2)23(19,20)18-10-9-16(22-4)14(12-18)11-13-5-7-15(21-3)8-6-13/h5-8,14,16H,9-12H2,1-4H3/t14-,16+/m1/s1. The topological polar surface area (TPSA) is 59.1 Å². The average Bonchev–Trinajstić information content (AvgIpc) is 2.55. The molecule has 0 saturated carbocycles. The molecule has 2 rings (SSSR count). The normalized spacial score (nSPS) is 23.2. The lowest BCUT2D eigenvalue weighted by atomic mass is 9.89. The summed E-state index contributed by atoms with van der Waals surface area (Å²) in [5, 5.41) is 0. The number of hydrogen-bond donors (Lipinski definition) is 0. The highest BCUT2D eigenvalue weighted by Crippen LogP contribution is 2.26. The van der Waals surface area contributed by atoms with Crippen molar-refractivity contribution in [1.29, 1.82) is 0 Å². The summed E-state index contributed by atoms with van der Waals surface area (Å²) in [4.78, 5) is 0. The Morgan fingerprint density at radius 3 is 2.39 bits per heavy atom. The van der Waals surface area contributed by atoms with Crippen molar-refractivity contribution >= 4 is 10.2 Å². The van der Waals surface area contributed by atoms with Gasteiger partial charge in [-0.3, -0.25) is 0 Å². The molecule has 2 atom stereocenters. The van der Waals surface area contributed by atoms with Gasteiger partial charge >= 0.3 is 0 Å². The maximum absolute atomic E-state index is 12.4. The number of hydrogen-bond acceptors (Lipinski definition) is 4. The second-order valence-electron chi connectivity index (χ2n) is 6.02. The summed E-state index contributed by atoms with van der Waals surface area (Å²) in [6.45, 7) is 0.975. The Morgan fingerprint density at radius 2 is 1.87 bits per heavy atom. The van der Waals surface area contributed by atoms with Crippen LogP contribution in [0.4, 0.5) is 0 Å². The molecule has 1 fully saturated rings. The van der Waals surface area contributed by atoms with Crippen molar-refractivity contribution in [2.45, 2.75) is 18.9 Å². The summed E-state index contributed by atoms with van der Waals surface area (Å²) in [7, 11) is 3.09. The van der Waals surface area contributed by atoms with Gasteiger partial charge in [0.15, 0.2) is 0 Å². The van der Waals surface area contributed by atoms with Crippen molar-refractivity contribution in [2.24, 2.45) is 5.92 Å². The Hall–Kier alpha value is -1.15. The molecular formula is C16H26N2O4S. The lowest BCUT2D eigenvalue weighted by Crippen LogP contribution is -2.50. The number of methoxy groups -OCH3 is 2. The van der Waals surface area contributed by atoms with Gasteiger partial charge in [-0.1, -0.05) is 12.1 Å². The van der Waals surface area contributed by atoms with E-state index >= 15 is 0 Å². The zero-order valence-corrected chi connectivity index (χ0v) is 15.0. The van der Waals surface area contributed by atoms with Crippen molar-refractivity contribution in [2.75, 3.05) is 41.4 Å². The van der Waals surface area contributed by atoms with Gasteiger partial charge in [0.2, 0.25) is 0 Å². The van der Waals surface area contributed by atoms with Crippen LogP contribution in [0.1, 0.15) is 12.0 Å². The number of rotatable bonds is 6. The van der Waals surface area contributed by atoms with E-state index in [1.165, 1.54) is 4.31 Å². The van der Waals surface area contributed by atoms with Crippen molar-refractivity contribution in [3.05, 3.63) is 29.8 Å². The van der Waals surface area contributed by atoms with Gasteiger partial charge in [0.25, 0.3) is 10.2 Å². The molecular weight excluding hydrogens is 316 g/mol. The molecule has 1 aliphatic rings. The minimum atomic E-state index is -3.38. The predicted molar refractivity (Wildman–Crippen MR) is 89.8 cm³/mol. The quantitative estimate of drug-likeness (QED) is 0.784. The van der Waals surface area contributed by atoms with Crippen molar-refractivity contribution < 1.29 is 17.9 Å². The monoisotopic (exact) mass is 342 g/mol. The van der Waals surface area contributed by atoms with Gasteiger partial charge in [0, 0.05) is 40.2 Å². The van der Waals surface area contributed by atoms with Gasteiger partial charge in [-0.2, -0.15) is 17.0 Å². The number of benzene rings is 1. The molecule has 0 radical (unpaired) electrons. The van der Waals surface area contributed by atoms with Crippen LogP contribution in [0, 0.1) is 5.92 Å². The molecule has 1 aliphatic heterocycles. The highest BCUT2D eigenvalue weighted by atomic mass is 32.2. The Balaban J connectivity index is 2.12. The molecule has 130 valence electrons. The lowest BCUT2D eigenvalue weighted by molar-refractivity contribution is 0.0122. The molecule has 0 spiro atoms. The Bertz CT molecular complexity index is 601. The fraction of sp³-hybridized carbons (Fsp3) is 0.625. The fourth-order valence-electron chi connectivity index (χ4n) is 2.99. The molecule has 23 heavy (non-hydrogen) atoms. The molecule has 1 saturated heterocycles. The van der Waals surface area contributed by atoms with Crippen LogP contribution < -0.4 is 4.74 Å². The van der Waals surface area contributed by atoms with Crippen LogP contribution in [-0.2, 0) is 21.4 Å². The lowest BCUT2D eigenvalue weighted by Gasteiger charge is -2.38. The van der Waals surface area contributed by atoms with E-state index < -0.39 is 10.2 Å². The van der Waals surface area contributed by atoms with Crippen LogP contribution >= 0.6 is 0 Å². The molecule has 0 bridgehead atoms. The van der Waals surface area contributed by atoms with Crippen LogP contribution in [0.25, 0.3) is 0 Å². The SMILES string of the molecule is COc1ccc(C[C@@H]2CN(S(=O)(=O)N(C)C)CC[C@@H]2OC)cc1. The summed E-state index contributed by atoms with van der Waals surface area (Å²) < 4.78 is 38.3. The van der Waals surface area contributed by atoms with E-state index in [1.54, 1.807) is 32.6 Å². The third-order valence-corrected chi connectivity index (χ3v) is 6.28. The Kier molecular flexibility index (Phi) is 6.02. The van der Waals surface area contributed by atoms with E-state index in [4.69, 9.17) is 9.47 Å². The van der Waals surface area contributed by atoms with E-state index in [2.05, 4.69) is 0 Å². The first-order valence-corrected chi connectivity index (χ1v) is 9.11. The van der Waals surface area contributed by atoms with Crippen LogP contribution in [0.15, 0.2) is 24.3 Å². The van der Waals surface area contributed by atoms with Crippen LogP contribution in [0.5, 0.6) is 5.75 Å². The van der Waals surface area contributed by atoms with E-state index in [1.807, 2.05) is 24.3 Å². The number of nitrogens with zero attached hydrogens (tertiary/aromatic N) is 2. The maximum atomic E-state index is 12.4. The molecule has 0 N–H and O–H groups in total. The molecule has 7 heteroatoms. The van der Waals surface area contributed by atoms with Crippen LogP contribution in [-0.4, -0.2) is 64.5 Å². The summed E-state index contributed by atoms with van der Waals surface area (Å²) in [6, 6.07) is 7.89. The zero-order valence-electron chi connectivity index (χ0n) is 14.2. The molecule has 0 amide bonds. The van der Waals surface area contributed by atoms with E-state index in [0.29, 0.717) is 19.5 Å². The highest BCUT2D eigenvalue weighted by Gasteiger charge is 2.35. The van der Waals surface area contributed by atoms with Crippen LogP contribution in [0.2, 0.25) is 0 Å². The number of piperidine rings is 1. The average molecular weight is 342 g/mol. The third kappa shape index (κ3) is 4.23. The minimum absolute atomic E-state index is 0.0747. The van der Waals surface area contributed by atoms with Gasteiger partial charge in [0.05, 0.1) is 13.2 Å². The largest absolute Gasteiger partial charge is 0.497 e. The van der Waals surface area contributed by atoms with Gasteiger partial charge in [-0.25, -0.2) is 0 Å². The van der Waals surface area contributed by atoms with Crippen molar-refractivity contribution in [3.63, 3.8) is 0 Å². The summed E-state index contributed by atoms with van der Waals surface area (Å²) >= 11 is 0. The third-order valence-electron chi connectivity index (χ3n) is 4.37. The first-order chi connectivity index (χ1) is 10.9. The Morgan fingerprint density at radius 1 is 1.22 bits per heavy atom. The zero-order chi connectivity index (χ0) is 17.0. The van der Waals surface area contributed by atoms with E-state index in [9.17, 15) is 8.42 Å². The molecule has 0 unspecified atom stereocenters. The molecule has 0 aliphatic carbocycles. The van der Waals surface area contributed by atoms with Crippen molar-refractivity contribution in [1.82, 2.24) is 8.61 Å². The second-order valence-corrected chi connectivity index (χ2v) is 8.17. The molecule has 1 heterocycles. The molecule has 1 aromatic carbocycles. The highest BCUT2D eigenvalue weighted by molar-refractivity contribution is 7.86. The predicted octanol–water partition coefficient (Wildman–Crippen LogP) is 1.38. The van der Waals surface area contributed by atoms with Crippen molar-refractivity contribution in [3.8, 4) is 5.75 Å².